The lowest BCUT2D eigenvalue weighted by atomic mass is 9.74. The minimum atomic E-state index is -0.257. The third-order valence-corrected chi connectivity index (χ3v) is 4.92. The van der Waals surface area contributed by atoms with Crippen molar-refractivity contribution >= 4 is 5.69 Å². The predicted molar refractivity (Wildman–Crippen MR) is 72.2 cm³/mol. The number of piperidine rings is 4. The summed E-state index contributed by atoms with van der Waals surface area (Å²) < 4.78 is 18.9. The van der Waals surface area contributed by atoms with Gasteiger partial charge in [-0.2, -0.15) is 0 Å². The maximum absolute atomic E-state index is 13.9. The van der Waals surface area contributed by atoms with E-state index in [0.717, 1.165) is 5.69 Å². The molecule has 0 amide bonds. The molecule has 0 unspecified atom stereocenters. The van der Waals surface area contributed by atoms with Gasteiger partial charge < -0.3 is 15.0 Å². The van der Waals surface area contributed by atoms with Crippen molar-refractivity contribution in [2.24, 2.45) is 0 Å². The van der Waals surface area contributed by atoms with E-state index < -0.39 is 0 Å². The highest BCUT2D eigenvalue weighted by atomic mass is 19.1. The van der Waals surface area contributed by atoms with Crippen molar-refractivity contribution in [2.75, 3.05) is 12.0 Å². The van der Waals surface area contributed by atoms with Gasteiger partial charge >= 0.3 is 0 Å². The number of halogens is 1. The third-order valence-electron chi connectivity index (χ3n) is 4.92. The first-order valence-electron chi connectivity index (χ1n) is 7.12. The molecule has 0 aliphatic carbocycles. The monoisotopic (exact) mass is 262 g/mol. The topological polar surface area (TPSA) is 24.5 Å². The quantitative estimate of drug-likeness (QED) is 0.885. The second-order valence-electron chi connectivity index (χ2n) is 6.04. The molecular weight excluding hydrogens is 243 g/mol. The minimum Gasteiger partial charge on any atom is -0.494 e. The average molecular weight is 262 g/mol. The molecule has 19 heavy (non-hydrogen) atoms. The van der Waals surface area contributed by atoms with Crippen LogP contribution in [-0.2, 0) is 0 Å². The number of benzene rings is 1. The van der Waals surface area contributed by atoms with Gasteiger partial charge in [-0.25, -0.2) is 4.39 Å². The summed E-state index contributed by atoms with van der Waals surface area (Å²) in [5.41, 5.74) is 1.02. The zero-order valence-corrected chi connectivity index (χ0v) is 11.1. The second kappa shape index (κ2) is 4.10. The van der Waals surface area contributed by atoms with E-state index in [-0.39, 0.29) is 5.82 Å². The van der Waals surface area contributed by atoms with Crippen LogP contribution in [0.3, 0.4) is 0 Å². The van der Waals surface area contributed by atoms with E-state index in [9.17, 15) is 4.39 Å². The Morgan fingerprint density at radius 2 is 1.79 bits per heavy atom. The van der Waals surface area contributed by atoms with Gasteiger partial charge in [0.05, 0.1) is 7.11 Å². The summed E-state index contributed by atoms with van der Waals surface area (Å²) in [6.45, 7) is 0. The Labute approximate surface area is 112 Å². The number of nitrogens with one attached hydrogen (secondary N) is 1. The van der Waals surface area contributed by atoms with Crippen LogP contribution in [0.25, 0.3) is 0 Å². The summed E-state index contributed by atoms with van der Waals surface area (Å²) >= 11 is 0. The Hall–Kier alpha value is -1.29. The Bertz CT molecular complexity index is 477. The molecule has 3 nitrogen and oxygen atoms in total. The van der Waals surface area contributed by atoms with Crippen LogP contribution in [0.2, 0.25) is 0 Å². The van der Waals surface area contributed by atoms with E-state index in [1.807, 2.05) is 6.07 Å². The molecule has 0 spiro atoms. The Kier molecular flexibility index (Phi) is 2.49. The average Bonchev–Trinajstić information content (AvgIpc) is 2.37. The van der Waals surface area contributed by atoms with Gasteiger partial charge in [0, 0.05) is 35.9 Å². The van der Waals surface area contributed by atoms with Gasteiger partial charge in [0.1, 0.15) is 0 Å². The summed E-state index contributed by atoms with van der Waals surface area (Å²) in [7, 11) is 1.51. The van der Waals surface area contributed by atoms with Crippen LogP contribution in [0.1, 0.15) is 25.7 Å². The molecule has 4 aliphatic heterocycles. The Morgan fingerprint density at radius 3 is 2.32 bits per heavy atom. The summed E-state index contributed by atoms with van der Waals surface area (Å²) in [4.78, 5) is 2.45. The van der Waals surface area contributed by atoms with Crippen LogP contribution in [-0.4, -0.2) is 31.3 Å². The molecule has 4 heterocycles. The summed E-state index contributed by atoms with van der Waals surface area (Å²) in [6.07, 6.45) is 4.78. The van der Waals surface area contributed by atoms with Gasteiger partial charge in [-0.05, 0) is 37.8 Å². The molecule has 4 heteroatoms. The van der Waals surface area contributed by atoms with Crippen LogP contribution >= 0.6 is 0 Å². The minimum absolute atomic E-state index is 0.257. The highest BCUT2D eigenvalue weighted by Gasteiger charge is 2.46. The molecule has 1 aromatic rings. The number of rotatable bonds is 2. The fourth-order valence-corrected chi connectivity index (χ4v) is 4.29. The van der Waals surface area contributed by atoms with Crippen molar-refractivity contribution in [3.8, 4) is 5.75 Å². The maximum atomic E-state index is 13.9. The van der Waals surface area contributed by atoms with Crippen molar-refractivity contribution in [3.63, 3.8) is 0 Å². The number of methoxy groups -OCH3 is 1. The molecule has 4 saturated heterocycles. The van der Waals surface area contributed by atoms with Crippen LogP contribution in [0, 0.1) is 5.82 Å². The molecule has 1 aromatic carbocycles. The molecule has 0 radical (unpaired) electrons. The van der Waals surface area contributed by atoms with Crippen molar-refractivity contribution in [3.05, 3.63) is 24.0 Å². The Morgan fingerprint density at radius 1 is 1.16 bits per heavy atom. The summed E-state index contributed by atoms with van der Waals surface area (Å²) in [5.74, 6) is 0.0716. The molecule has 0 atom stereocenters. The van der Waals surface area contributed by atoms with Gasteiger partial charge in [0.25, 0.3) is 0 Å². The van der Waals surface area contributed by atoms with E-state index in [4.69, 9.17) is 4.74 Å². The predicted octanol–water partition coefficient (Wildman–Crippen LogP) is 2.31. The standard InChI is InChI=1S/C15H19FN2O/c1-19-15-3-2-11(8-14(15)16)18-12-4-9-5-13(18)7-10(6-12)17-9/h2-3,8-10,12-13,17H,4-7H2,1H3. The zero-order valence-electron chi connectivity index (χ0n) is 11.1. The molecular formula is C15H19FN2O. The lowest BCUT2D eigenvalue weighted by molar-refractivity contribution is 0.135. The molecule has 5 rings (SSSR count). The van der Waals surface area contributed by atoms with Gasteiger partial charge in [-0.15, -0.1) is 0 Å². The van der Waals surface area contributed by atoms with Crippen LogP contribution in [0.4, 0.5) is 10.1 Å². The maximum Gasteiger partial charge on any atom is 0.167 e. The zero-order chi connectivity index (χ0) is 13.0. The molecule has 4 bridgehead atoms. The van der Waals surface area contributed by atoms with E-state index in [1.165, 1.54) is 32.8 Å². The lowest BCUT2D eigenvalue weighted by Crippen LogP contribution is -2.67. The fraction of sp³-hybridized carbons (Fsp3) is 0.600. The highest BCUT2D eigenvalue weighted by molar-refractivity contribution is 5.53. The SMILES string of the molecule is COc1ccc(N2C3CC4CC2CC(C3)N4)cc1F. The first-order valence-corrected chi connectivity index (χ1v) is 7.12. The molecule has 0 saturated carbocycles. The van der Waals surface area contributed by atoms with Gasteiger partial charge in [-0.3, -0.25) is 0 Å². The van der Waals surface area contributed by atoms with Crippen molar-refractivity contribution in [2.45, 2.75) is 49.9 Å². The number of hydrogen-bond acceptors (Lipinski definition) is 3. The largest absolute Gasteiger partial charge is 0.494 e. The molecule has 4 fully saturated rings. The van der Waals surface area contributed by atoms with Crippen molar-refractivity contribution < 1.29 is 9.13 Å². The molecule has 102 valence electrons. The van der Waals surface area contributed by atoms with Gasteiger partial charge in [0.15, 0.2) is 11.6 Å². The fourth-order valence-electron chi connectivity index (χ4n) is 4.29. The molecule has 0 aromatic heterocycles. The van der Waals surface area contributed by atoms with E-state index in [2.05, 4.69) is 10.2 Å². The van der Waals surface area contributed by atoms with Crippen LogP contribution in [0.5, 0.6) is 5.75 Å². The van der Waals surface area contributed by atoms with Crippen molar-refractivity contribution in [1.29, 1.82) is 0 Å². The van der Waals surface area contributed by atoms with Gasteiger partial charge in [0.2, 0.25) is 0 Å². The molecule has 4 aliphatic rings. The highest BCUT2D eigenvalue weighted by Crippen LogP contribution is 2.42. The first kappa shape index (κ1) is 11.5. The first-order chi connectivity index (χ1) is 9.24. The molecule has 1 N–H and O–H groups in total. The van der Waals surface area contributed by atoms with Crippen LogP contribution < -0.4 is 15.0 Å². The normalized spacial score (nSPS) is 35.8. The Balaban J connectivity index is 1.67. The van der Waals surface area contributed by atoms with Gasteiger partial charge in [-0.1, -0.05) is 0 Å². The van der Waals surface area contributed by atoms with Crippen LogP contribution in [0.15, 0.2) is 18.2 Å². The third kappa shape index (κ3) is 1.73. The lowest BCUT2D eigenvalue weighted by Gasteiger charge is -2.58. The van der Waals surface area contributed by atoms with Crippen molar-refractivity contribution in [1.82, 2.24) is 5.32 Å². The smallest absolute Gasteiger partial charge is 0.167 e. The number of ether oxygens (including phenoxy) is 1. The summed E-state index contributed by atoms with van der Waals surface area (Å²) in [5, 5.41) is 3.69. The number of nitrogens with zero attached hydrogens (tertiary/aromatic N) is 1. The second-order valence-corrected chi connectivity index (χ2v) is 6.04. The van der Waals surface area contributed by atoms with E-state index >= 15 is 0 Å². The van der Waals surface area contributed by atoms with E-state index in [0.29, 0.717) is 29.9 Å². The van der Waals surface area contributed by atoms with E-state index in [1.54, 1.807) is 12.1 Å². The number of anilines is 1. The summed E-state index contributed by atoms with van der Waals surface area (Å²) in [6, 6.07) is 7.90. The number of hydrogen-bond donors (Lipinski definition) is 1.